The van der Waals surface area contributed by atoms with Crippen molar-refractivity contribution in [2.75, 3.05) is 9.80 Å². The van der Waals surface area contributed by atoms with Crippen LogP contribution in [0.5, 0.6) is 23.0 Å². The molecule has 0 radical (unpaired) electrons. The van der Waals surface area contributed by atoms with Crippen LogP contribution in [0, 0.1) is 0 Å². The molecule has 2 aliphatic heterocycles. The molecule has 0 N–H and O–H groups in total. The summed E-state index contributed by atoms with van der Waals surface area (Å²) in [5, 5.41) is 0. The zero-order valence-corrected chi connectivity index (χ0v) is 40.6. The van der Waals surface area contributed by atoms with E-state index in [2.05, 4.69) is 107 Å². The van der Waals surface area contributed by atoms with E-state index in [1.807, 2.05) is 158 Å². The highest BCUT2D eigenvalue weighted by Gasteiger charge is 2.29. The van der Waals surface area contributed by atoms with Crippen molar-refractivity contribution >= 4 is 34.1 Å². The molecule has 0 atom stereocenters. The maximum atomic E-state index is 6.62. The number of fused-ring (bicyclic) bond motifs is 4. The molecule has 0 amide bonds. The van der Waals surface area contributed by atoms with Gasteiger partial charge in [-0.25, -0.2) is 29.9 Å². The molecule has 0 fully saturated rings. The van der Waals surface area contributed by atoms with Gasteiger partial charge in [0.25, 0.3) is 0 Å². The van der Waals surface area contributed by atoms with Crippen LogP contribution in [0.15, 0.2) is 255 Å². The minimum Gasteiger partial charge on any atom is -0.453 e. The fraction of sp³-hybridized carbons (Fsp3) is 0. The number of nitrogens with zero attached hydrogens (tertiary/aromatic N) is 8. The second kappa shape index (κ2) is 18.8. The van der Waals surface area contributed by atoms with Crippen molar-refractivity contribution in [3.8, 4) is 102 Å². The Bertz CT molecular complexity index is 3720. The van der Waals surface area contributed by atoms with Crippen LogP contribution in [0.3, 0.4) is 0 Å². The van der Waals surface area contributed by atoms with Gasteiger partial charge in [-0.1, -0.05) is 158 Å². The topological polar surface area (TPSA) is 102 Å². The van der Waals surface area contributed by atoms with Gasteiger partial charge in [0.2, 0.25) is 0 Å². The lowest BCUT2D eigenvalue weighted by Gasteiger charge is -2.34. The third-order valence-electron chi connectivity index (χ3n) is 13.6. The van der Waals surface area contributed by atoms with Gasteiger partial charge in [-0.15, -0.1) is 0 Å². The van der Waals surface area contributed by atoms with E-state index in [-0.39, 0.29) is 0 Å². The molecule has 14 rings (SSSR count). The summed E-state index contributed by atoms with van der Waals surface area (Å²) in [6.45, 7) is 0. The zero-order valence-electron chi connectivity index (χ0n) is 40.6. The molecule has 2 aliphatic rings. The van der Waals surface area contributed by atoms with E-state index in [9.17, 15) is 0 Å². The van der Waals surface area contributed by atoms with Crippen LogP contribution in [0.4, 0.5) is 34.1 Å². The zero-order chi connectivity index (χ0) is 50.4. The molecule has 10 aromatic carbocycles. The third kappa shape index (κ3) is 8.22. The molecular weight excluding hydrogens is 937 g/mol. The molecular formula is C66H42N8O2. The lowest BCUT2D eigenvalue weighted by atomic mass is 10.00. The summed E-state index contributed by atoms with van der Waals surface area (Å²) in [4.78, 5) is 34.3. The minimum absolute atomic E-state index is 0.589. The number of benzene rings is 10. The normalized spacial score (nSPS) is 12.1. The Morgan fingerprint density at radius 2 is 0.461 bits per heavy atom. The Balaban J connectivity index is 0.822. The monoisotopic (exact) mass is 978 g/mol. The average Bonchev–Trinajstić information content (AvgIpc) is 3.52. The summed E-state index contributed by atoms with van der Waals surface area (Å²) < 4.78 is 13.2. The van der Waals surface area contributed by atoms with E-state index in [1.54, 1.807) is 0 Å². The second-order valence-corrected chi connectivity index (χ2v) is 18.3. The van der Waals surface area contributed by atoms with E-state index in [0.717, 1.165) is 102 Å². The SMILES string of the molecule is c1ccc(-c2nc(-c3ccccc3)nc(-c3ccc(N4c5ccccc5Oc5ccc(-c6ccc7c(c6)N(c6ccc(-c8nc(-c9ccccc9)nc(-c9ccccc9)n8)cc6)c6ccccc6O7)cc54)cc3)n2)cc1. The first-order chi connectivity index (χ1) is 37.6. The van der Waals surface area contributed by atoms with Crippen LogP contribution in [0.2, 0.25) is 0 Å². The van der Waals surface area contributed by atoms with Crippen LogP contribution in [0.25, 0.3) is 79.5 Å². The van der Waals surface area contributed by atoms with Crippen LogP contribution in [-0.4, -0.2) is 29.9 Å². The van der Waals surface area contributed by atoms with Crippen LogP contribution < -0.4 is 19.3 Å². The number of anilines is 6. The highest BCUT2D eigenvalue weighted by Crippen LogP contribution is 2.54. The summed E-state index contributed by atoms with van der Waals surface area (Å²) in [6, 6.07) is 85.9. The van der Waals surface area contributed by atoms with Crippen molar-refractivity contribution in [2.24, 2.45) is 0 Å². The molecule has 0 saturated carbocycles. The minimum atomic E-state index is 0.589. The Labute approximate surface area is 438 Å². The fourth-order valence-electron chi connectivity index (χ4n) is 9.82. The maximum absolute atomic E-state index is 6.62. The van der Waals surface area contributed by atoms with Gasteiger partial charge in [0.15, 0.2) is 57.9 Å². The van der Waals surface area contributed by atoms with E-state index < -0.39 is 0 Å². The lowest BCUT2D eigenvalue weighted by Crippen LogP contribution is -2.16. The Morgan fingerprint density at radius 3 is 0.776 bits per heavy atom. The van der Waals surface area contributed by atoms with Gasteiger partial charge < -0.3 is 19.3 Å². The van der Waals surface area contributed by atoms with Gasteiger partial charge in [0.1, 0.15) is 0 Å². The van der Waals surface area contributed by atoms with Crippen LogP contribution in [0.1, 0.15) is 0 Å². The van der Waals surface area contributed by atoms with Crippen LogP contribution >= 0.6 is 0 Å². The van der Waals surface area contributed by atoms with E-state index in [1.165, 1.54) is 0 Å². The highest BCUT2D eigenvalue weighted by atomic mass is 16.5. The third-order valence-corrected chi connectivity index (χ3v) is 13.6. The molecule has 4 heterocycles. The first-order valence-corrected chi connectivity index (χ1v) is 25.0. The Hall–Kier alpha value is -10.6. The fourth-order valence-corrected chi connectivity index (χ4v) is 9.82. The number of aromatic nitrogens is 6. The first kappa shape index (κ1) is 44.1. The summed E-state index contributed by atoms with van der Waals surface area (Å²) >= 11 is 0. The summed E-state index contributed by atoms with van der Waals surface area (Å²) in [5.74, 6) is 6.64. The number of ether oxygens (including phenoxy) is 2. The molecule has 2 aromatic heterocycles. The smallest absolute Gasteiger partial charge is 0.164 e. The summed E-state index contributed by atoms with van der Waals surface area (Å²) in [6.07, 6.45) is 0. The van der Waals surface area contributed by atoms with Crippen molar-refractivity contribution < 1.29 is 9.47 Å². The lowest BCUT2D eigenvalue weighted by molar-refractivity contribution is 0.476. The molecule has 358 valence electrons. The van der Waals surface area contributed by atoms with Crippen molar-refractivity contribution in [2.45, 2.75) is 0 Å². The number of hydrogen-bond donors (Lipinski definition) is 0. The molecule has 76 heavy (non-hydrogen) atoms. The standard InChI is InChI=1S/C66H42N8O2/c1-5-17-43(18-6-1)61-67-62(44-19-7-2-8-20-44)70-65(69-61)47-29-35-51(36-30-47)73-53-25-13-15-27-57(53)75-59-39-33-49(41-55(59)73)50-34-40-60-56(42-50)74(54-26-14-16-28-58(54)76-60)52-37-31-48(32-38-52)66-71-63(45-21-9-3-10-22-45)68-64(72-66)46-23-11-4-12-24-46/h1-42H. The van der Waals surface area contributed by atoms with Gasteiger partial charge >= 0.3 is 0 Å². The maximum Gasteiger partial charge on any atom is 0.164 e. The van der Waals surface area contributed by atoms with Crippen molar-refractivity contribution in [3.05, 3.63) is 255 Å². The van der Waals surface area contributed by atoms with E-state index in [0.29, 0.717) is 34.9 Å². The highest BCUT2D eigenvalue weighted by molar-refractivity contribution is 5.92. The van der Waals surface area contributed by atoms with Gasteiger partial charge in [0, 0.05) is 44.8 Å². The molecule has 10 nitrogen and oxygen atoms in total. The number of para-hydroxylation sites is 4. The molecule has 0 bridgehead atoms. The molecule has 0 aliphatic carbocycles. The van der Waals surface area contributed by atoms with Crippen LogP contribution in [-0.2, 0) is 0 Å². The predicted molar refractivity (Wildman–Crippen MR) is 301 cm³/mol. The predicted octanol–water partition coefficient (Wildman–Crippen LogP) is 16.9. The molecule has 0 unspecified atom stereocenters. The molecule has 12 aromatic rings. The first-order valence-electron chi connectivity index (χ1n) is 25.0. The Morgan fingerprint density at radius 1 is 0.211 bits per heavy atom. The van der Waals surface area contributed by atoms with E-state index >= 15 is 0 Å². The van der Waals surface area contributed by atoms with Crippen molar-refractivity contribution in [1.82, 2.24) is 29.9 Å². The van der Waals surface area contributed by atoms with Gasteiger partial charge in [-0.3, -0.25) is 0 Å². The summed E-state index contributed by atoms with van der Waals surface area (Å²) in [7, 11) is 0. The Kier molecular flexibility index (Phi) is 10.9. The van der Waals surface area contributed by atoms with Gasteiger partial charge in [0.05, 0.1) is 22.7 Å². The van der Waals surface area contributed by atoms with E-state index in [4.69, 9.17) is 39.4 Å². The number of rotatable bonds is 9. The largest absolute Gasteiger partial charge is 0.453 e. The van der Waals surface area contributed by atoms with Gasteiger partial charge in [-0.05, 0) is 108 Å². The quantitative estimate of drug-likeness (QED) is 0.139. The average molecular weight is 979 g/mol. The van der Waals surface area contributed by atoms with Crippen molar-refractivity contribution in [1.29, 1.82) is 0 Å². The summed E-state index contributed by atoms with van der Waals surface area (Å²) in [5.41, 5.74) is 13.0. The second-order valence-electron chi connectivity index (χ2n) is 18.3. The van der Waals surface area contributed by atoms with Crippen molar-refractivity contribution in [3.63, 3.8) is 0 Å². The van der Waals surface area contributed by atoms with Gasteiger partial charge in [-0.2, -0.15) is 0 Å². The molecule has 0 saturated heterocycles. The molecule has 10 heteroatoms. The number of hydrogen-bond acceptors (Lipinski definition) is 10. The molecule has 0 spiro atoms.